The normalized spacial score (nSPS) is 26.4. The molecule has 4 heteroatoms. The molecule has 1 aromatic carbocycles. The number of hydrogen-bond acceptors (Lipinski definition) is 2. The SMILES string of the molecule is Cc1ccc(N)cc1C(=O)NCCC1CC2CCC1C2.Cl. The van der Waals surface area contributed by atoms with Gasteiger partial charge in [0.15, 0.2) is 0 Å². The molecular weight excluding hydrogens is 284 g/mol. The molecule has 2 saturated carbocycles. The highest BCUT2D eigenvalue weighted by Crippen LogP contribution is 2.49. The largest absolute Gasteiger partial charge is 0.399 e. The van der Waals surface area contributed by atoms with Crippen LogP contribution in [0.4, 0.5) is 5.69 Å². The molecule has 3 nitrogen and oxygen atoms in total. The van der Waals surface area contributed by atoms with Crippen LogP contribution in [0.5, 0.6) is 0 Å². The fourth-order valence-electron chi connectivity index (χ4n) is 4.08. The van der Waals surface area contributed by atoms with Gasteiger partial charge >= 0.3 is 0 Å². The van der Waals surface area contributed by atoms with E-state index in [4.69, 9.17) is 5.73 Å². The maximum atomic E-state index is 12.2. The average Bonchev–Trinajstić information content (AvgIpc) is 3.04. The monoisotopic (exact) mass is 308 g/mol. The Hall–Kier alpha value is -1.22. The molecule has 0 aliphatic heterocycles. The summed E-state index contributed by atoms with van der Waals surface area (Å²) in [6.07, 6.45) is 6.81. The summed E-state index contributed by atoms with van der Waals surface area (Å²) in [6.45, 7) is 2.74. The van der Waals surface area contributed by atoms with Crippen molar-refractivity contribution in [2.75, 3.05) is 12.3 Å². The summed E-state index contributed by atoms with van der Waals surface area (Å²) in [7, 11) is 0. The maximum Gasteiger partial charge on any atom is 0.251 e. The minimum absolute atomic E-state index is 0. The number of nitrogens with one attached hydrogen (secondary N) is 1. The van der Waals surface area contributed by atoms with Crippen LogP contribution < -0.4 is 11.1 Å². The van der Waals surface area contributed by atoms with Crippen LogP contribution in [0, 0.1) is 24.7 Å². The van der Waals surface area contributed by atoms with Crippen molar-refractivity contribution >= 4 is 24.0 Å². The molecule has 3 atom stereocenters. The molecule has 1 amide bonds. The Morgan fingerprint density at radius 1 is 1.33 bits per heavy atom. The van der Waals surface area contributed by atoms with Crippen LogP contribution in [0.2, 0.25) is 0 Å². The van der Waals surface area contributed by atoms with Crippen LogP contribution >= 0.6 is 12.4 Å². The molecule has 0 radical (unpaired) electrons. The highest BCUT2D eigenvalue weighted by molar-refractivity contribution is 5.96. The maximum absolute atomic E-state index is 12.2. The third-order valence-electron chi connectivity index (χ3n) is 5.19. The van der Waals surface area contributed by atoms with Crippen molar-refractivity contribution in [1.82, 2.24) is 5.32 Å². The smallest absolute Gasteiger partial charge is 0.251 e. The molecule has 3 rings (SSSR count). The lowest BCUT2D eigenvalue weighted by atomic mass is 9.86. The lowest BCUT2D eigenvalue weighted by molar-refractivity contribution is 0.0949. The Balaban J connectivity index is 0.00000161. The van der Waals surface area contributed by atoms with Crippen molar-refractivity contribution in [3.05, 3.63) is 29.3 Å². The predicted octanol–water partition coefficient (Wildman–Crippen LogP) is 3.56. The second-order valence-electron chi connectivity index (χ2n) is 6.55. The Kier molecular flexibility index (Phi) is 5.15. The van der Waals surface area contributed by atoms with E-state index in [1.807, 2.05) is 19.1 Å². The van der Waals surface area contributed by atoms with E-state index in [1.54, 1.807) is 6.07 Å². The van der Waals surface area contributed by atoms with Gasteiger partial charge in [0.25, 0.3) is 5.91 Å². The second-order valence-corrected chi connectivity index (χ2v) is 6.55. The molecule has 0 heterocycles. The molecule has 3 N–H and O–H groups in total. The molecule has 21 heavy (non-hydrogen) atoms. The number of nitrogen functional groups attached to an aromatic ring is 1. The molecule has 2 fully saturated rings. The fourth-order valence-corrected chi connectivity index (χ4v) is 4.08. The van der Waals surface area contributed by atoms with Crippen LogP contribution in [0.1, 0.15) is 48.0 Å². The number of anilines is 1. The van der Waals surface area contributed by atoms with Crippen LogP contribution in [-0.2, 0) is 0 Å². The van der Waals surface area contributed by atoms with E-state index < -0.39 is 0 Å². The molecular formula is C17H25ClN2O. The number of aryl methyl sites for hydroxylation is 1. The van der Waals surface area contributed by atoms with Gasteiger partial charge in [-0.25, -0.2) is 0 Å². The number of halogens is 1. The first-order valence-electron chi connectivity index (χ1n) is 7.78. The molecule has 1 aromatic rings. The second kappa shape index (κ2) is 6.69. The Bertz CT molecular complexity index is 518. The molecule has 2 bridgehead atoms. The topological polar surface area (TPSA) is 55.1 Å². The average molecular weight is 309 g/mol. The quantitative estimate of drug-likeness (QED) is 0.836. The van der Waals surface area contributed by atoms with Crippen molar-refractivity contribution in [3.63, 3.8) is 0 Å². The number of nitrogens with two attached hydrogens (primary N) is 1. The van der Waals surface area contributed by atoms with Gasteiger partial charge in [0, 0.05) is 17.8 Å². The number of carbonyl (C=O) groups excluding carboxylic acids is 1. The molecule has 0 aromatic heterocycles. The van der Waals surface area contributed by atoms with E-state index in [2.05, 4.69) is 5.32 Å². The zero-order chi connectivity index (χ0) is 14.1. The molecule has 116 valence electrons. The first-order valence-corrected chi connectivity index (χ1v) is 7.78. The Morgan fingerprint density at radius 2 is 2.14 bits per heavy atom. The zero-order valence-electron chi connectivity index (χ0n) is 12.6. The van der Waals surface area contributed by atoms with Gasteiger partial charge < -0.3 is 11.1 Å². The highest BCUT2D eigenvalue weighted by Gasteiger charge is 2.38. The van der Waals surface area contributed by atoms with Crippen molar-refractivity contribution in [2.45, 2.75) is 39.0 Å². The van der Waals surface area contributed by atoms with Gasteiger partial charge in [-0.15, -0.1) is 12.4 Å². The van der Waals surface area contributed by atoms with Crippen molar-refractivity contribution in [1.29, 1.82) is 0 Å². The number of rotatable bonds is 4. The number of benzene rings is 1. The summed E-state index contributed by atoms with van der Waals surface area (Å²) in [6, 6.07) is 5.50. The van der Waals surface area contributed by atoms with Crippen molar-refractivity contribution < 1.29 is 4.79 Å². The third kappa shape index (κ3) is 3.52. The lowest BCUT2D eigenvalue weighted by Crippen LogP contribution is -2.27. The first kappa shape index (κ1) is 16.2. The van der Waals surface area contributed by atoms with E-state index in [0.29, 0.717) is 11.3 Å². The molecule has 2 aliphatic carbocycles. The zero-order valence-corrected chi connectivity index (χ0v) is 13.4. The van der Waals surface area contributed by atoms with Gasteiger partial charge in [0.1, 0.15) is 0 Å². The summed E-state index contributed by atoms with van der Waals surface area (Å²) in [5.74, 6) is 2.77. The summed E-state index contributed by atoms with van der Waals surface area (Å²) in [5, 5.41) is 3.06. The highest BCUT2D eigenvalue weighted by atomic mass is 35.5. The first-order chi connectivity index (χ1) is 9.63. The molecule has 3 unspecified atom stereocenters. The predicted molar refractivity (Wildman–Crippen MR) is 88.7 cm³/mol. The molecule has 2 aliphatic rings. The molecule has 0 saturated heterocycles. The Morgan fingerprint density at radius 3 is 2.81 bits per heavy atom. The number of carbonyl (C=O) groups is 1. The number of amides is 1. The van der Waals surface area contributed by atoms with E-state index in [9.17, 15) is 4.79 Å². The fraction of sp³-hybridized carbons (Fsp3) is 0.588. The standard InChI is InChI=1S/C17H24N2O.ClH/c1-11-2-5-15(18)10-16(11)17(20)19-7-6-14-9-12-3-4-13(14)8-12;/h2,5,10,12-14H,3-4,6-9,18H2,1H3,(H,19,20);1H. The lowest BCUT2D eigenvalue weighted by Gasteiger charge is -2.21. The van der Waals surface area contributed by atoms with Crippen LogP contribution in [0.3, 0.4) is 0 Å². The van der Waals surface area contributed by atoms with Gasteiger partial charge in [-0.2, -0.15) is 0 Å². The minimum Gasteiger partial charge on any atom is -0.399 e. The van der Waals surface area contributed by atoms with Gasteiger partial charge in [0.2, 0.25) is 0 Å². The van der Waals surface area contributed by atoms with E-state index >= 15 is 0 Å². The summed E-state index contributed by atoms with van der Waals surface area (Å²) < 4.78 is 0. The van der Waals surface area contributed by atoms with Gasteiger partial charge in [0.05, 0.1) is 0 Å². The third-order valence-corrected chi connectivity index (χ3v) is 5.19. The van der Waals surface area contributed by atoms with E-state index in [1.165, 1.54) is 25.7 Å². The van der Waals surface area contributed by atoms with Gasteiger partial charge in [-0.05, 0) is 68.1 Å². The number of hydrogen-bond donors (Lipinski definition) is 2. The van der Waals surface area contributed by atoms with Crippen LogP contribution in [-0.4, -0.2) is 12.5 Å². The van der Waals surface area contributed by atoms with Crippen LogP contribution in [0.25, 0.3) is 0 Å². The van der Waals surface area contributed by atoms with Crippen molar-refractivity contribution in [2.24, 2.45) is 17.8 Å². The Labute approximate surface area is 133 Å². The summed E-state index contributed by atoms with van der Waals surface area (Å²) in [5.41, 5.74) is 8.09. The van der Waals surface area contributed by atoms with E-state index in [-0.39, 0.29) is 18.3 Å². The van der Waals surface area contributed by atoms with Crippen LogP contribution in [0.15, 0.2) is 18.2 Å². The summed E-state index contributed by atoms with van der Waals surface area (Å²) in [4.78, 5) is 12.2. The van der Waals surface area contributed by atoms with E-state index in [0.717, 1.165) is 36.3 Å². The molecule has 0 spiro atoms. The number of fused-ring (bicyclic) bond motifs is 2. The van der Waals surface area contributed by atoms with Crippen molar-refractivity contribution in [3.8, 4) is 0 Å². The summed E-state index contributed by atoms with van der Waals surface area (Å²) >= 11 is 0. The van der Waals surface area contributed by atoms with Gasteiger partial charge in [-0.3, -0.25) is 4.79 Å². The van der Waals surface area contributed by atoms with Gasteiger partial charge in [-0.1, -0.05) is 12.5 Å². The minimum atomic E-state index is 0.